The maximum atomic E-state index is 13.7. The number of carbonyl (C=O) groups is 1. The largest absolute Gasteiger partial charge is 0.302 e. The zero-order valence-corrected chi connectivity index (χ0v) is 24.0. The number of fused-ring (bicyclic) bond motifs is 1. The van der Waals surface area contributed by atoms with Gasteiger partial charge < -0.3 is 4.90 Å². The fraction of sp³-hybridized carbons (Fsp3) is 0.333. The van der Waals surface area contributed by atoms with Crippen molar-refractivity contribution in [1.82, 2.24) is 14.2 Å². The van der Waals surface area contributed by atoms with Crippen molar-refractivity contribution in [2.24, 2.45) is 0 Å². The summed E-state index contributed by atoms with van der Waals surface area (Å²) >= 11 is 3.15. The standard InChI is InChI=1S/C27H34N4O3S3/c1-6-16-30(17-7-2)37(33,34)23-13-10-21(11-14-23)26(32)31(19-18-29(8-3)9-4)27-28-24-15-12-22(35-5)20-25(24)36-27/h6-7,10-15,20H,1-2,8-9,16-19H2,3-5H3. The molecule has 1 heterocycles. The van der Waals surface area contributed by atoms with Crippen molar-refractivity contribution in [2.45, 2.75) is 23.6 Å². The van der Waals surface area contributed by atoms with Gasteiger partial charge in [-0.3, -0.25) is 9.69 Å². The maximum Gasteiger partial charge on any atom is 0.260 e. The van der Waals surface area contributed by atoms with Gasteiger partial charge in [0.1, 0.15) is 0 Å². The first-order chi connectivity index (χ1) is 17.8. The van der Waals surface area contributed by atoms with E-state index < -0.39 is 10.0 Å². The van der Waals surface area contributed by atoms with Gasteiger partial charge in [-0.25, -0.2) is 13.4 Å². The predicted molar refractivity (Wildman–Crippen MR) is 156 cm³/mol. The molecule has 0 fully saturated rings. The average molecular weight is 559 g/mol. The van der Waals surface area contributed by atoms with E-state index in [1.165, 1.54) is 39.9 Å². The molecule has 0 N–H and O–H groups in total. The van der Waals surface area contributed by atoms with Crippen molar-refractivity contribution in [3.63, 3.8) is 0 Å². The number of sulfonamides is 1. The zero-order chi connectivity index (χ0) is 27.0. The van der Waals surface area contributed by atoms with Crippen LogP contribution in [0, 0.1) is 0 Å². The topological polar surface area (TPSA) is 73.8 Å². The van der Waals surface area contributed by atoms with Crippen LogP contribution in [0.5, 0.6) is 0 Å². The second kappa shape index (κ2) is 13.3. The Morgan fingerprint density at radius 1 is 1.03 bits per heavy atom. The number of aromatic nitrogens is 1. The fourth-order valence-corrected chi connectivity index (χ4v) is 6.76. The van der Waals surface area contributed by atoms with Crippen LogP contribution < -0.4 is 4.90 Å². The summed E-state index contributed by atoms with van der Waals surface area (Å²) in [5, 5.41) is 0.630. The third-order valence-electron chi connectivity index (χ3n) is 6.00. The molecule has 7 nitrogen and oxygen atoms in total. The normalized spacial score (nSPS) is 11.8. The van der Waals surface area contributed by atoms with Crippen LogP contribution in [0.25, 0.3) is 10.2 Å². The van der Waals surface area contributed by atoms with Gasteiger partial charge in [-0.05, 0) is 61.8 Å². The summed E-state index contributed by atoms with van der Waals surface area (Å²) in [7, 11) is -3.75. The van der Waals surface area contributed by atoms with E-state index in [9.17, 15) is 13.2 Å². The molecule has 0 unspecified atom stereocenters. The number of amides is 1. The van der Waals surface area contributed by atoms with Crippen molar-refractivity contribution in [3.05, 3.63) is 73.3 Å². The summed E-state index contributed by atoms with van der Waals surface area (Å²) in [6, 6.07) is 12.2. The third kappa shape index (κ3) is 6.88. The van der Waals surface area contributed by atoms with Crippen LogP contribution in [0.1, 0.15) is 24.2 Å². The predicted octanol–water partition coefficient (Wildman–Crippen LogP) is 5.37. The van der Waals surface area contributed by atoms with Crippen LogP contribution in [-0.4, -0.2) is 74.0 Å². The van der Waals surface area contributed by atoms with E-state index in [0.29, 0.717) is 23.8 Å². The molecule has 0 saturated heterocycles. The second-order valence-corrected chi connectivity index (χ2v) is 12.1. The molecule has 1 aromatic heterocycles. The Labute approximate surface area is 228 Å². The minimum absolute atomic E-state index is 0.118. The number of nitrogens with zero attached hydrogens (tertiary/aromatic N) is 4. The lowest BCUT2D eigenvalue weighted by atomic mass is 10.2. The average Bonchev–Trinajstić information content (AvgIpc) is 3.33. The minimum Gasteiger partial charge on any atom is -0.302 e. The Morgan fingerprint density at radius 2 is 1.68 bits per heavy atom. The lowest BCUT2D eigenvalue weighted by Crippen LogP contribution is -2.39. The number of hydrogen-bond donors (Lipinski definition) is 0. The first-order valence-corrected chi connectivity index (χ1v) is 15.6. The molecule has 0 radical (unpaired) electrons. The van der Waals surface area contributed by atoms with Gasteiger partial charge in [0.25, 0.3) is 5.91 Å². The first-order valence-electron chi connectivity index (χ1n) is 12.1. The Hall–Kier alpha value is -2.50. The molecule has 0 bridgehead atoms. The van der Waals surface area contributed by atoms with Gasteiger partial charge in [0.05, 0.1) is 15.1 Å². The number of thioether (sulfide) groups is 1. The summed E-state index contributed by atoms with van der Waals surface area (Å²) in [6.45, 7) is 14.8. The van der Waals surface area contributed by atoms with Crippen LogP contribution in [0.2, 0.25) is 0 Å². The molecule has 0 aliphatic carbocycles. The number of benzene rings is 2. The molecule has 3 rings (SSSR count). The molecule has 0 atom stereocenters. The number of likely N-dealkylation sites (N-methyl/N-ethyl adjacent to an activating group) is 1. The van der Waals surface area contributed by atoms with E-state index in [-0.39, 0.29) is 23.9 Å². The molecular weight excluding hydrogens is 525 g/mol. The minimum atomic E-state index is -3.75. The van der Waals surface area contributed by atoms with Crippen molar-refractivity contribution < 1.29 is 13.2 Å². The highest BCUT2D eigenvalue weighted by Crippen LogP contribution is 2.32. The van der Waals surface area contributed by atoms with Crippen molar-refractivity contribution in [1.29, 1.82) is 0 Å². The lowest BCUT2D eigenvalue weighted by Gasteiger charge is -2.25. The van der Waals surface area contributed by atoms with E-state index in [1.54, 1.807) is 28.8 Å². The number of carbonyl (C=O) groups excluding carboxylic acids is 1. The molecule has 0 aliphatic heterocycles. The van der Waals surface area contributed by atoms with Crippen molar-refractivity contribution in [3.8, 4) is 0 Å². The fourth-order valence-electron chi connectivity index (χ4n) is 3.83. The van der Waals surface area contributed by atoms with Gasteiger partial charge >= 0.3 is 0 Å². The van der Waals surface area contributed by atoms with Crippen molar-refractivity contribution in [2.75, 3.05) is 50.4 Å². The highest BCUT2D eigenvalue weighted by molar-refractivity contribution is 7.98. The van der Waals surface area contributed by atoms with Crippen molar-refractivity contribution >= 4 is 54.4 Å². The van der Waals surface area contributed by atoms with Gasteiger partial charge in [-0.15, -0.1) is 24.9 Å². The molecular formula is C27H34N4O3S3. The van der Waals surface area contributed by atoms with E-state index in [2.05, 4.69) is 38.0 Å². The van der Waals surface area contributed by atoms with Crippen LogP contribution in [0.15, 0.2) is 77.6 Å². The summed E-state index contributed by atoms with van der Waals surface area (Å²) < 4.78 is 28.4. The van der Waals surface area contributed by atoms with E-state index in [4.69, 9.17) is 4.98 Å². The summed E-state index contributed by atoms with van der Waals surface area (Å²) in [5.74, 6) is -0.214. The maximum absolute atomic E-state index is 13.7. The van der Waals surface area contributed by atoms with Gasteiger partial charge in [0.15, 0.2) is 5.13 Å². The van der Waals surface area contributed by atoms with Gasteiger partial charge in [-0.2, -0.15) is 4.31 Å². The van der Waals surface area contributed by atoms with Crippen LogP contribution in [0.3, 0.4) is 0 Å². The van der Waals surface area contributed by atoms with Crippen LogP contribution >= 0.6 is 23.1 Å². The number of rotatable bonds is 14. The van der Waals surface area contributed by atoms with Crippen LogP contribution in [0.4, 0.5) is 5.13 Å². The molecule has 10 heteroatoms. The number of thiazole rings is 1. The Kier molecular flexibility index (Phi) is 10.5. The highest BCUT2D eigenvalue weighted by atomic mass is 32.2. The molecule has 0 spiro atoms. The summed E-state index contributed by atoms with van der Waals surface area (Å²) in [5.41, 5.74) is 1.26. The third-order valence-corrected chi connectivity index (χ3v) is 9.61. The molecule has 0 aliphatic rings. The zero-order valence-electron chi connectivity index (χ0n) is 21.6. The Balaban J connectivity index is 1.94. The van der Waals surface area contributed by atoms with Gasteiger partial charge in [-0.1, -0.05) is 37.3 Å². The highest BCUT2D eigenvalue weighted by Gasteiger charge is 2.25. The van der Waals surface area contributed by atoms with E-state index >= 15 is 0 Å². The van der Waals surface area contributed by atoms with E-state index in [0.717, 1.165) is 28.2 Å². The smallest absolute Gasteiger partial charge is 0.260 e. The second-order valence-electron chi connectivity index (χ2n) is 8.24. The van der Waals surface area contributed by atoms with Gasteiger partial charge in [0, 0.05) is 36.6 Å². The Bertz CT molecular complexity index is 1320. The molecule has 3 aromatic rings. The molecule has 1 amide bonds. The quantitative estimate of drug-likeness (QED) is 0.196. The van der Waals surface area contributed by atoms with Gasteiger partial charge in [0.2, 0.25) is 10.0 Å². The monoisotopic (exact) mass is 558 g/mol. The molecule has 37 heavy (non-hydrogen) atoms. The van der Waals surface area contributed by atoms with Crippen LogP contribution in [-0.2, 0) is 10.0 Å². The Morgan fingerprint density at radius 3 is 2.24 bits per heavy atom. The SMILES string of the molecule is C=CCN(CC=C)S(=O)(=O)c1ccc(C(=O)N(CCN(CC)CC)c2nc3ccc(SC)cc3s2)cc1. The summed E-state index contributed by atoms with van der Waals surface area (Å²) in [6.07, 6.45) is 5.10. The number of hydrogen-bond acceptors (Lipinski definition) is 7. The lowest BCUT2D eigenvalue weighted by molar-refractivity contribution is 0.0983. The molecule has 0 saturated carbocycles. The summed E-state index contributed by atoms with van der Waals surface area (Å²) in [4.78, 5) is 23.7. The van der Waals surface area contributed by atoms with E-state index in [1.807, 2.05) is 18.4 Å². The molecule has 2 aromatic carbocycles. The first kappa shape index (κ1) is 29.1. The molecule has 198 valence electrons. The number of anilines is 1.